The summed E-state index contributed by atoms with van der Waals surface area (Å²) < 4.78 is 11.5. The smallest absolute Gasteiger partial charge is 0.297 e. The molecule has 3 rings (SSSR count). The van der Waals surface area contributed by atoms with Crippen LogP contribution in [-0.4, -0.2) is 40.6 Å². The van der Waals surface area contributed by atoms with Crippen LogP contribution in [0, 0.1) is 6.92 Å². The van der Waals surface area contributed by atoms with E-state index in [1.54, 1.807) is 31.2 Å². The number of fused-ring (bicyclic) bond motifs is 1. The van der Waals surface area contributed by atoms with Crippen LogP contribution in [0.3, 0.4) is 0 Å². The molecule has 2 heterocycles. The molecule has 0 unspecified atom stereocenters. The van der Waals surface area contributed by atoms with Crippen molar-refractivity contribution in [3.63, 3.8) is 0 Å². The van der Waals surface area contributed by atoms with Crippen molar-refractivity contribution in [1.29, 1.82) is 0 Å². The van der Waals surface area contributed by atoms with E-state index >= 15 is 0 Å². The molecule has 0 saturated carbocycles. The molecular weight excluding hydrogens is 384 g/mol. The van der Waals surface area contributed by atoms with E-state index in [2.05, 4.69) is 15.6 Å². The number of amides is 1. The number of carbonyl (C=O) groups is 1. The van der Waals surface area contributed by atoms with Gasteiger partial charge in [-0.25, -0.2) is 4.68 Å². The van der Waals surface area contributed by atoms with Gasteiger partial charge >= 0.3 is 0 Å². The lowest BCUT2D eigenvalue weighted by atomic mass is 10.1. The second-order valence-corrected chi connectivity index (χ2v) is 6.62. The van der Waals surface area contributed by atoms with Gasteiger partial charge in [-0.3, -0.25) is 9.59 Å². The maximum atomic E-state index is 12.7. The fourth-order valence-corrected chi connectivity index (χ4v) is 2.92. The van der Waals surface area contributed by atoms with Crippen molar-refractivity contribution < 1.29 is 14.1 Å². The predicted octanol–water partition coefficient (Wildman–Crippen LogP) is 2.56. The zero-order chi connectivity index (χ0) is 20.1. The number of hydrogen-bond acceptors (Lipinski definition) is 6. The first-order chi connectivity index (χ1) is 13.5. The molecule has 0 atom stereocenters. The molecule has 0 fully saturated rings. The number of ether oxygens (including phenoxy) is 1. The van der Waals surface area contributed by atoms with Gasteiger partial charge in [0.15, 0.2) is 5.52 Å². The number of rotatable bonds is 8. The van der Waals surface area contributed by atoms with Crippen LogP contribution in [0.5, 0.6) is 0 Å². The highest BCUT2D eigenvalue weighted by atomic mass is 35.5. The Labute approximate surface area is 166 Å². The van der Waals surface area contributed by atoms with Crippen molar-refractivity contribution in [3.05, 3.63) is 45.4 Å². The van der Waals surface area contributed by atoms with Crippen molar-refractivity contribution in [2.45, 2.75) is 26.8 Å². The van der Waals surface area contributed by atoms with E-state index in [0.717, 1.165) is 10.2 Å². The monoisotopic (exact) mass is 404 g/mol. The predicted molar refractivity (Wildman–Crippen MR) is 105 cm³/mol. The molecule has 0 aliphatic heterocycles. The van der Waals surface area contributed by atoms with Crippen molar-refractivity contribution >= 4 is 28.4 Å². The third-order valence-corrected chi connectivity index (χ3v) is 4.41. The van der Waals surface area contributed by atoms with Crippen molar-refractivity contribution in [1.82, 2.24) is 20.3 Å². The lowest BCUT2D eigenvalue weighted by Crippen LogP contribution is -2.34. The van der Waals surface area contributed by atoms with Crippen LogP contribution in [-0.2, 0) is 16.1 Å². The minimum absolute atomic E-state index is 0.140. The molecule has 0 radical (unpaired) electrons. The number of aryl methyl sites for hydroxylation is 1. The SMILES string of the molecule is CCOCCCNC(=O)Cn1nc(-c2ccc(Cl)cc2)c2c(C)onc2c1=O. The van der Waals surface area contributed by atoms with Crippen molar-refractivity contribution in [2.75, 3.05) is 19.8 Å². The second kappa shape index (κ2) is 8.99. The van der Waals surface area contributed by atoms with Crippen LogP contribution < -0.4 is 10.9 Å². The molecule has 0 saturated heterocycles. The highest BCUT2D eigenvalue weighted by molar-refractivity contribution is 6.30. The van der Waals surface area contributed by atoms with Crippen LogP contribution >= 0.6 is 11.6 Å². The molecule has 0 aliphatic carbocycles. The van der Waals surface area contributed by atoms with E-state index in [1.807, 2.05) is 6.92 Å². The maximum Gasteiger partial charge on any atom is 0.297 e. The Kier molecular flexibility index (Phi) is 6.43. The molecule has 0 spiro atoms. The zero-order valence-corrected chi connectivity index (χ0v) is 16.5. The number of halogens is 1. The lowest BCUT2D eigenvalue weighted by Gasteiger charge is -2.09. The topological polar surface area (TPSA) is 99.2 Å². The van der Waals surface area contributed by atoms with Gasteiger partial charge in [0.1, 0.15) is 18.0 Å². The summed E-state index contributed by atoms with van der Waals surface area (Å²) in [7, 11) is 0. The molecule has 148 valence electrons. The first-order valence-corrected chi connectivity index (χ1v) is 9.36. The normalized spacial score (nSPS) is 11.1. The summed E-state index contributed by atoms with van der Waals surface area (Å²) in [6.45, 7) is 5.08. The first kappa shape index (κ1) is 20.0. The van der Waals surface area contributed by atoms with Gasteiger partial charge in [0.2, 0.25) is 5.91 Å². The van der Waals surface area contributed by atoms with Gasteiger partial charge in [-0.2, -0.15) is 5.10 Å². The maximum absolute atomic E-state index is 12.7. The second-order valence-electron chi connectivity index (χ2n) is 6.18. The van der Waals surface area contributed by atoms with Crippen LogP contribution in [0.2, 0.25) is 5.02 Å². The average Bonchev–Trinajstić information content (AvgIpc) is 3.07. The van der Waals surface area contributed by atoms with E-state index in [9.17, 15) is 9.59 Å². The molecule has 1 aromatic carbocycles. The molecule has 3 aromatic rings. The lowest BCUT2D eigenvalue weighted by molar-refractivity contribution is -0.121. The molecule has 8 nitrogen and oxygen atoms in total. The Morgan fingerprint density at radius 3 is 2.79 bits per heavy atom. The van der Waals surface area contributed by atoms with Crippen LogP contribution in [0.4, 0.5) is 0 Å². The number of nitrogens with zero attached hydrogens (tertiary/aromatic N) is 3. The summed E-state index contributed by atoms with van der Waals surface area (Å²) in [5.74, 6) is 0.171. The Balaban J connectivity index is 1.89. The number of aromatic nitrogens is 3. The highest BCUT2D eigenvalue weighted by Gasteiger charge is 2.19. The van der Waals surface area contributed by atoms with Crippen LogP contribution in [0.25, 0.3) is 22.2 Å². The Morgan fingerprint density at radius 1 is 1.32 bits per heavy atom. The molecule has 1 amide bonds. The first-order valence-electron chi connectivity index (χ1n) is 8.98. The van der Waals surface area contributed by atoms with Crippen LogP contribution in [0.1, 0.15) is 19.1 Å². The fourth-order valence-electron chi connectivity index (χ4n) is 2.79. The molecule has 28 heavy (non-hydrogen) atoms. The van der Waals surface area contributed by atoms with Gasteiger partial charge in [-0.05, 0) is 32.4 Å². The Hall–Kier alpha value is -2.71. The third kappa shape index (κ3) is 4.40. The number of benzene rings is 1. The molecule has 0 aliphatic rings. The summed E-state index contributed by atoms with van der Waals surface area (Å²) in [6, 6.07) is 7.04. The number of carbonyl (C=O) groups excluding carboxylic acids is 1. The Morgan fingerprint density at radius 2 is 2.07 bits per heavy atom. The minimum Gasteiger partial charge on any atom is -0.382 e. The van der Waals surface area contributed by atoms with Gasteiger partial charge < -0.3 is 14.6 Å². The van der Waals surface area contributed by atoms with Gasteiger partial charge in [0.05, 0.1) is 5.39 Å². The molecular formula is C19H21ClN4O4. The number of hydrogen-bond donors (Lipinski definition) is 1. The van der Waals surface area contributed by atoms with E-state index in [1.165, 1.54) is 0 Å². The standard InChI is InChI=1S/C19H21ClN4O4/c1-3-27-10-4-9-21-15(25)11-24-19(26)18-16(12(2)28-23-18)17(22-24)13-5-7-14(20)8-6-13/h5-8H,3-4,9-11H2,1-2H3,(H,21,25). The van der Waals surface area contributed by atoms with E-state index in [-0.39, 0.29) is 18.0 Å². The van der Waals surface area contributed by atoms with Gasteiger partial charge in [-0.15, -0.1) is 0 Å². The summed E-state index contributed by atoms with van der Waals surface area (Å²) in [6.07, 6.45) is 0.694. The molecule has 0 bridgehead atoms. The zero-order valence-electron chi connectivity index (χ0n) is 15.7. The van der Waals surface area contributed by atoms with Crippen molar-refractivity contribution in [3.8, 4) is 11.3 Å². The van der Waals surface area contributed by atoms with Gasteiger partial charge in [0, 0.05) is 30.3 Å². The van der Waals surface area contributed by atoms with Crippen molar-refractivity contribution in [2.24, 2.45) is 0 Å². The van der Waals surface area contributed by atoms with E-state index in [0.29, 0.717) is 48.0 Å². The summed E-state index contributed by atoms with van der Waals surface area (Å²) in [5.41, 5.74) is 0.913. The fraction of sp³-hybridized carbons (Fsp3) is 0.368. The minimum atomic E-state index is -0.478. The summed E-state index contributed by atoms with van der Waals surface area (Å²) in [5, 5.41) is 12.1. The quantitative estimate of drug-likeness (QED) is 0.579. The summed E-state index contributed by atoms with van der Waals surface area (Å²) >= 11 is 5.96. The largest absolute Gasteiger partial charge is 0.382 e. The molecule has 9 heteroatoms. The summed E-state index contributed by atoms with van der Waals surface area (Å²) in [4.78, 5) is 24.9. The highest BCUT2D eigenvalue weighted by Crippen LogP contribution is 2.28. The Bertz CT molecular complexity index is 1030. The van der Waals surface area contributed by atoms with Gasteiger partial charge in [0.25, 0.3) is 5.56 Å². The van der Waals surface area contributed by atoms with E-state index in [4.69, 9.17) is 20.9 Å². The average molecular weight is 405 g/mol. The van der Waals surface area contributed by atoms with E-state index < -0.39 is 5.56 Å². The van der Waals surface area contributed by atoms with Crippen LogP contribution in [0.15, 0.2) is 33.6 Å². The molecule has 1 N–H and O–H groups in total. The number of nitrogens with one attached hydrogen (secondary N) is 1. The van der Waals surface area contributed by atoms with Gasteiger partial charge in [-0.1, -0.05) is 28.9 Å². The molecule has 2 aromatic heterocycles. The third-order valence-electron chi connectivity index (χ3n) is 4.16.